The number of aryl methyl sites for hydroxylation is 2. The normalized spacial score (nSPS) is 10.9. The molecule has 4 aromatic carbocycles. The van der Waals surface area contributed by atoms with Gasteiger partial charge >= 0.3 is 0 Å². The van der Waals surface area contributed by atoms with Crippen LogP contribution in [-0.4, -0.2) is 15.3 Å². The van der Waals surface area contributed by atoms with Crippen LogP contribution in [0, 0.1) is 41.5 Å². The Morgan fingerprint density at radius 2 is 1.03 bits per heavy atom. The molecule has 5 heteroatoms. The number of anilines is 3. The van der Waals surface area contributed by atoms with Crippen LogP contribution in [0.2, 0.25) is 0 Å². The molecule has 0 amide bonds. The molecule has 4 rings (SSSR count). The number of benzene rings is 4. The van der Waals surface area contributed by atoms with E-state index in [1.807, 2.05) is 90.1 Å². The van der Waals surface area contributed by atoms with Gasteiger partial charge in [-0.15, -0.1) is 0 Å². The van der Waals surface area contributed by atoms with Crippen molar-refractivity contribution in [3.05, 3.63) is 94.0 Å². The zero-order valence-corrected chi connectivity index (χ0v) is 21.0. The van der Waals surface area contributed by atoms with Crippen molar-refractivity contribution in [2.45, 2.75) is 41.5 Å². The molecule has 0 aromatic heterocycles. The number of rotatable bonds is 5. The third-order valence-electron chi connectivity index (χ3n) is 6.79. The third-order valence-corrected chi connectivity index (χ3v) is 6.79. The molecule has 35 heavy (non-hydrogen) atoms. The topological polar surface area (TPSA) is 73.2 Å². The molecule has 0 fully saturated rings. The smallest absolute Gasteiger partial charge is 0.172 e. The molecule has 0 aliphatic heterocycles. The van der Waals surface area contributed by atoms with Crippen molar-refractivity contribution in [3.8, 4) is 28.7 Å². The zero-order chi connectivity index (χ0) is 25.4. The lowest BCUT2D eigenvalue weighted by Gasteiger charge is -2.30. The fourth-order valence-electron chi connectivity index (χ4n) is 4.16. The van der Waals surface area contributed by atoms with Crippen molar-refractivity contribution in [1.82, 2.24) is 0 Å². The van der Waals surface area contributed by atoms with Crippen molar-refractivity contribution in [2.24, 2.45) is 0 Å². The minimum absolute atomic E-state index is 0.140. The van der Waals surface area contributed by atoms with Gasteiger partial charge in [0.25, 0.3) is 0 Å². The maximum atomic E-state index is 10.5. The van der Waals surface area contributed by atoms with E-state index in [4.69, 9.17) is 4.74 Å². The standard InChI is InChI=1S/C30H31NO4/c1-17-7-8-18(2)30(29(17)34)35-24-11-9-23(10-12-24)31(25-13-15-27(32)21(5)19(25)3)26-14-16-28(33)22(6)20(26)4/h7-16,32-34H,1-6H3. The van der Waals surface area contributed by atoms with E-state index in [2.05, 4.69) is 4.90 Å². The third kappa shape index (κ3) is 4.37. The maximum Gasteiger partial charge on any atom is 0.172 e. The van der Waals surface area contributed by atoms with Gasteiger partial charge in [-0.05, 0) is 123 Å². The molecule has 180 valence electrons. The van der Waals surface area contributed by atoms with Gasteiger partial charge in [0, 0.05) is 17.1 Å². The maximum absolute atomic E-state index is 10.5. The van der Waals surface area contributed by atoms with E-state index in [-0.39, 0.29) is 17.2 Å². The largest absolute Gasteiger partial charge is 0.508 e. The lowest BCUT2D eigenvalue weighted by molar-refractivity contribution is 0.406. The molecule has 0 heterocycles. The van der Waals surface area contributed by atoms with Crippen molar-refractivity contribution in [3.63, 3.8) is 0 Å². The molecule has 0 unspecified atom stereocenters. The van der Waals surface area contributed by atoms with Crippen LogP contribution in [0.15, 0.2) is 60.7 Å². The number of phenols is 3. The summed E-state index contributed by atoms with van der Waals surface area (Å²) in [6.07, 6.45) is 0. The fraction of sp³-hybridized carbons (Fsp3) is 0.200. The number of ether oxygens (including phenoxy) is 1. The van der Waals surface area contributed by atoms with E-state index in [0.717, 1.165) is 50.4 Å². The van der Waals surface area contributed by atoms with Gasteiger partial charge in [0.1, 0.15) is 17.2 Å². The number of hydrogen-bond donors (Lipinski definition) is 3. The van der Waals surface area contributed by atoms with Crippen LogP contribution in [0.5, 0.6) is 28.7 Å². The van der Waals surface area contributed by atoms with E-state index in [9.17, 15) is 15.3 Å². The molecular weight excluding hydrogens is 438 g/mol. The Hall–Kier alpha value is -4.12. The molecular formula is C30H31NO4. The van der Waals surface area contributed by atoms with Gasteiger partial charge in [-0.2, -0.15) is 0 Å². The molecule has 0 aliphatic rings. The Kier molecular flexibility index (Phi) is 6.35. The first-order valence-electron chi connectivity index (χ1n) is 11.6. The Bertz CT molecular complexity index is 1350. The first-order chi connectivity index (χ1) is 16.6. The van der Waals surface area contributed by atoms with Crippen molar-refractivity contribution in [1.29, 1.82) is 0 Å². The number of hydrogen-bond acceptors (Lipinski definition) is 5. The van der Waals surface area contributed by atoms with Gasteiger partial charge in [0.05, 0.1) is 0 Å². The van der Waals surface area contributed by atoms with E-state index < -0.39 is 0 Å². The summed E-state index contributed by atoms with van der Waals surface area (Å²) < 4.78 is 6.05. The van der Waals surface area contributed by atoms with Gasteiger partial charge < -0.3 is 25.0 Å². The molecule has 0 spiro atoms. The highest BCUT2D eigenvalue weighted by molar-refractivity contribution is 5.82. The SMILES string of the molecule is Cc1ccc(C)c(Oc2ccc(N(c3ccc(O)c(C)c3C)c3ccc(O)c(C)c3C)cc2)c1O. The first-order valence-corrected chi connectivity index (χ1v) is 11.6. The van der Waals surface area contributed by atoms with Gasteiger partial charge in [0.2, 0.25) is 0 Å². The number of phenolic OH excluding ortho intramolecular Hbond substituents is 3. The van der Waals surface area contributed by atoms with Crippen molar-refractivity contribution < 1.29 is 20.1 Å². The summed E-state index contributed by atoms with van der Waals surface area (Å²) in [5.74, 6) is 1.70. The predicted octanol–water partition coefficient (Wildman–Crippen LogP) is 7.92. The minimum Gasteiger partial charge on any atom is -0.508 e. The predicted molar refractivity (Wildman–Crippen MR) is 141 cm³/mol. The van der Waals surface area contributed by atoms with Crippen LogP contribution in [0.3, 0.4) is 0 Å². The van der Waals surface area contributed by atoms with Gasteiger partial charge in [-0.3, -0.25) is 0 Å². The highest BCUT2D eigenvalue weighted by atomic mass is 16.5. The lowest BCUT2D eigenvalue weighted by Crippen LogP contribution is -2.13. The molecule has 0 atom stereocenters. The number of nitrogens with zero attached hydrogens (tertiary/aromatic N) is 1. The average Bonchev–Trinajstić information content (AvgIpc) is 2.85. The first kappa shape index (κ1) is 24.0. The summed E-state index contributed by atoms with van der Waals surface area (Å²) in [5.41, 5.74) is 7.88. The van der Waals surface area contributed by atoms with Crippen LogP contribution < -0.4 is 9.64 Å². The van der Waals surface area contributed by atoms with E-state index >= 15 is 0 Å². The summed E-state index contributed by atoms with van der Waals surface area (Å²) >= 11 is 0. The lowest BCUT2D eigenvalue weighted by atomic mass is 10.0. The van der Waals surface area contributed by atoms with Gasteiger partial charge in [0.15, 0.2) is 11.5 Å². The van der Waals surface area contributed by atoms with Crippen LogP contribution in [0.4, 0.5) is 17.1 Å². The molecule has 0 bridgehead atoms. The minimum atomic E-state index is 0.140. The zero-order valence-electron chi connectivity index (χ0n) is 21.0. The Labute approximate surface area is 206 Å². The van der Waals surface area contributed by atoms with E-state index in [1.54, 1.807) is 12.1 Å². The molecule has 5 nitrogen and oxygen atoms in total. The summed E-state index contributed by atoms with van der Waals surface area (Å²) in [6, 6.07) is 18.7. The van der Waals surface area contributed by atoms with E-state index in [1.165, 1.54) is 0 Å². The second-order valence-electron chi connectivity index (χ2n) is 9.02. The quantitative estimate of drug-likeness (QED) is 0.277. The van der Waals surface area contributed by atoms with Gasteiger partial charge in [-0.1, -0.05) is 12.1 Å². The van der Waals surface area contributed by atoms with Gasteiger partial charge in [-0.25, -0.2) is 0 Å². The second-order valence-corrected chi connectivity index (χ2v) is 9.02. The molecule has 0 aliphatic carbocycles. The summed E-state index contributed by atoms with van der Waals surface area (Å²) in [7, 11) is 0. The number of aromatic hydroxyl groups is 3. The summed E-state index contributed by atoms with van der Waals surface area (Å²) in [4.78, 5) is 2.11. The Morgan fingerprint density at radius 1 is 0.543 bits per heavy atom. The average molecular weight is 470 g/mol. The van der Waals surface area contributed by atoms with Crippen molar-refractivity contribution >= 4 is 17.1 Å². The molecule has 3 N–H and O–H groups in total. The van der Waals surface area contributed by atoms with Crippen LogP contribution in [0.25, 0.3) is 0 Å². The Morgan fingerprint density at radius 3 is 1.54 bits per heavy atom. The van der Waals surface area contributed by atoms with Crippen LogP contribution >= 0.6 is 0 Å². The summed E-state index contributed by atoms with van der Waals surface area (Å²) in [5, 5.41) is 30.9. The van der Waals surface area contributed by atoms with Crippen LogP contribution in [0.1, 0.15) is 33.4 Å². The van der Waals surface area contributed by atoms with Crippen LogP contribution in [-0.2, 0) is 0 Å². The van der Waals surface area contributed by atoms with Crippen molar-refractivity contribution in [2.75, 3.05) is 4.90 Å². The fourth-order valence-corrected chi connectivity index (χ4v) is 4.16. The second kappa shape index (κ2) is 9.26. The molecule has 4 aromatic rings. The molecule has 0 saturated carbocycles. The molecule has 0 radical (unpaired) electrons. The monoisotopic (exact) mass is 469 g/mol. The highest BCUT2D eigenvalue weighted by Gasteiger charge is 2.20. The highest BCUT2D eigenvalue weighted by Crippen LogP contribution is 2.43. The summed E-state index contributed by atoms with van der Waals surface area (Å²) in [6.45, 7) is 11.5. The van der Waals surface area contributed by atoms with E-state index in [0.29, 0.717) is 11.5 Å². The Balaban J connectivity index is 1.82. The molecule has 0 saturated heterocycles.